The molecule has 0 aliphatic heterocycles. The molecule has 7 nitrogen and oxygen atoms in total. The molecule has 0 unspecified atom stereocenters. The zero-order valence-corrected chi connectivity index (χ0v) is 10.3. The lowest BCUT2D eigenvalue weighted by Crippen LogP contribution is -2.40. The summed E-state index contributed by atoms with van der Waals surface area (Å²) in [4.78, 5) is 21.1. The summed E-state index contributed by atoms with van der Waals surface area (Å²) in [6, 6.07) is 3.93. The van der Waals surface area contributed by atoms with Gasteiger partial charge in [0, 0.05) is 31.0 Å². The molecule has 1 aromatic carbocycles. The van der Waals surface area contributed by atoms with Crippen LogP contribution in [0.5, 0.6) is 0 Å². The topological polar surface area (TPSA) is 102 Å². The number of carboxylic acid groups (broad SMARTS) is 1. The van der Waals surface area contributed by atoms with Crippen molar-refractivity contribution in [2.45, 2.75) is 25.0 Å². The fraction of sp³-hybridized carbons (Fsp3) is 0.417. The molecular formula is C12H14N2O5. The average Bonchev–Trinajstić information content (AvgIpc) is 2.32. The molecule has 19 heavy (non-hydrogen) atoms. The third-order valence-electron chi connectivity index (χ3n) is 3.23. The van der Waals surface area contributed by atoms with Crippen molar-refractivity contribution >= 4 is 17.3 Å². The predicted molar refractivity (Wildman–Crippen MR) is 67.5 cm³/mol. The average molecular weight is 266 g/mol. The van der Waals surface area contributed by atoms with E-state index in [1.807, 2.05) is 0 Å². The number of anilines is 1. The summed E-state index contributed by atoms with van der Waals surface area (Å²) in [6.45, 7) is 0. The summed E-state index contributed by atoms with van der Waals surface area (Å²) in [5, 5.41) is 22.8. The van der Waals surface area contributed by atoms with Crippen molar-refractivity contribution in [3.8, 4) is 0 Å². The molecule has 0 bridgehead atoms. The molecule has 0 saturated heterocycles. The van der Waals surface area contributed by atoms with E-state index in [0.717, 1.165) is 18.9 Å². The van der Waals surface area contributed by atoms with Crippen LogP contribution in [-0.4, -0.2) is 35.3 Å². The first-order valence-corrected chi connectivity index (χ1v) is 5.82. The van der Waals surface area contributed by atoms with Gasteiger partial charge in [0.2, 0.25) is 0 Å². The highest BCUT2D eigenvalue weighted by Gasteiger charge is 2.30. The number of carboxylic acids is 1. The maximum Gasteiger partial charge on any atom is 0.338 e. The van der Waals surface area contributed by atoms with Crippen molar-refractivity contribution < 1.29 is 19.6 Å². The Morgan fingerprint density at radius 2 is 2.21 bits per heavy atom. The molecule has 0 radical (unpaired) electrons. The summed E-state index contributed by atoms with van der Waals surface area (Å²) >= 11 is 0. The lowest BCUT2D eigenvalue weighted by molar-refractivity contribution is -0.384. The number of ether oxygens (including phenoxy) is 1. The van der Waals surface area contributed by atoms with Gasteiger partial charge in [0.25, 0.3) is 5.69 Å². The number of hydrogen-bond donors (Lipinski definition) is 2. The molecule has 2 N–H and O–H groups in total. The second kappa shape index (κ2) is 5.23. The Kier molecular flexibility index (Phi) is 3.66. The molecule has 2 rings (SSSR count). The Hall–Kier alpha value is -2.15. The molecule has 1 saturated carbocycles. The molecule has 1 fully saturated rings. The van der Waals surface area contributed by atoms with Gasteiger partial charge in [0.05, 0.1) is 16.6 Å². The van der Waals surface area contributed by atoms with Crippen LogP contribution in [0.25, 0.3) is 0 Å². The van der Waals surface area contributed by atoms with Crippen LogP contribution in [0, 0.1) is 10.1 Å². The highest BCUT2D eigenvalue weighted by molar-refractivity contribution is 5.95. The van der Waals surface area contributed by atoms with Crippen LogP contribution in [0.4, 0.5) is 11.4 Å². The van der Waals surface area contributed by atoms with Crippen molar-refractivity contribution in [2.24, 2.45) is 0 Å². The first-order valence-electron chi connectivity index (χ1n) is 5.82. The lowest BCUT2D eigenvalue weighted by Gasteiger charge is -2.35. The minimum Gasteiger partial charge on any atom is -0.478 e. The van der Waals surface area contributed by atoms with Gasteiger partial charge in [-0.3, -0.25) is 10.1 Å². The van der Waals surface area contributed by atoms with Gasteiger partial charge in [-0.1, -0.05) is 0 Å². The van der Waals surface area contributed by atoms with E-state index >= 15 is 0 Å². The van der Waals surface area contributed by atoms with Gasteiger partial charge in [-0.25, -0.2) is 4.79 Å². The molecule has 0 aromatic heterocycles. The van der Waals surface area contributed by atoms with Gasteiger partial charge < -0.3 is 15.2 Å². The summed E-state index contributed by atoms with van der Waals surface area (Å²) in [5.74, 6) is -1.19. The van der Waals surface area contributed by atoms with E-state index in [9.17, 15) is 14.9 Å². The Morgan fingerprint density at radius 1 is 1.53 bits per heavy atom. The van der Waals surface area contributed by atoms with E-state index in [4.69, 9.17) is 9.84 Å². The molecule has 0 atom stereocenters. The van der Waals surface area contributed by atoms with Crippen LogP contribution in [-0.2, 0) is 4.74 Å². The Balaban J connectivity index is 2.16. The molecular weight excluding hydrogens is 252 g/mol. The Labute approximate surface area is 109 Å². The first kappa shape index (κ1) is 13.3. The van der Waals surface area contributed by atoms with E-state index in [1.54, 1.807) is 7.11 Å². The number of nitrogens with zero attached hydrogens (tertiary/aromatic N) is 1. The van der Waals surface area contributed by atoms with Crippen LogP contribution in [0.3, 0.4) is 0 Å². The lowest BCUT2D eigenvalue weighted by atomic mass is 9.89. The number of hydrogen-bond acceptors (Lipinski definition) is 5. The van der Waals surface area contributed by atoms with Crippen LogP contribution >= 0.6 is 0 Å². The maximum atomic E-state index is 11.1. The third-order valence-corrected chi connectivity index (χ3v) is 3.23. The van der Waals surface area contributed by atoms with Crippen molar-refractivity contribution in [1.82, 2.24) is 0 Å². The second-order valence-electron chi connectivity index (χ2n) is 4.46. The quantitative estimate of drug-likeness (QED) is 0.623. The molecule has 102 valence electrons. The minimum atomic E-state index is -1.19. The van der Waals surface area contributed by atoms with Crippen LogP contribution < -0.4 is 5.32 Å². The summed E-state index contributed by atoms with van der Waals surface area (Å²) < 4.78 is 5.14. The fourth-order valence-electron chi connectivity index (χ4n) is 2.04. The van der Waals surface area contributed by atoms with Gasteiger partial charge in [-0.05, 0) is 18.9 Å². The highest BCUT2D eigenvalue weighted by Crippen LogP contribution is 2.29. The highest BCUT2D eigenvalue weighted by atomic mass is 16.6. The van der Waals surface area contributed by atoms with Crippen LogP contribution in [0.15, 0.2) is 18.2 Å². The van der Waals surface area contributed by atoms with E-state index in [2.05, 4.69) is 5.32 Å². The number of nitro benzene ring substituents is 1. The summed E-state index contributed by atoms with van der Waals surface area (Å²) in [6.07, 6.45) is 1.79. The smallest absolute Gasteiger partial charge is 0.338 e. The largest absolute Gasteiger partial charge is 0.478 e. The number of carbonyl (C=O) groups is 1. The SMILES string of the molecule is COC1CC(Nc2ccc([N+](=O)[O-])cc2C(=O)O)C1. The molecule has 0 spiro atoms. The monoisotopic (exact) mass is 266 g/mol. The van der Waals surface area contributed by atoms with Gasteiger partial charge in [-0.2, -0.15) is 0 Å². The third kappa shape index (κ3) is 2.82. The normalized spacial score (nSPS) is 21.5. The van der Waals surface area contributed by atoms with Gasteiger partial charge in [0.15, 0.2) is 0 Å². The number of non-ortho nitro benzene ring substituents is 1. The van der Waals surface area contributed by atoms with Crippen molar-refractivity contribution in [1.29, 1.82) is 0 Å². The first-order chi connectivity index (χ1) is 9.01. The van der Waals surface area contributed by atoms with E-state index < -0.39 is 10.9 Å². The number of methoxy groups -OCH3 is 1. The molecule has 1 aromatic rings. The second-order valence-corrected chi connectivity index (χ2v) is 4.46. The zero-order valence-electron chi connectivity index (χ0n) is 10.3. The number of benzene rings is 1. The molecule has 1 aliphatic rings. The van der Waals surface area contributed by atoms with Crippen molar-refractivity contribution in [3.05, 3.63) is 33.9 Å². The number of nitro groups is 1. The van der Waals surface area contributed by atoms with Crippen molar-refractivity contribution in [3.63, 3.8) is 0 Å². The zero-order chi connectivity index (χ0) is 14.0. The van der Waals surface area contributed by atoms with E-state index in [0.29, 0.717) is 5.69 Å². The molecule has 0 heterocycles. The standard InChI is InChI=1S/C12H14N2O5/c1-19-9-4-7(5-9)13-11-3-2-8(14(17)18)6-10(11)12(15)16/h2-3,6-7,9,13H,4-5H2,1H3,(H,15,16). The minimum absolute atomic E-state index is 0.0879. The van der Waals surface area contributed by atoms with Gasteiger partial charge in [0.1, 0.15) is 0 Å². The number of nitrogens with one attached hydrogen (secondary N) is 1. The van der Waals surface area contributed by atoms with E-state index in [-0.39, 0.29) is 23.4 Å². The van der Waals surface area contributed by atoms with Crippen LogP contribution in [0.2, 0.25) is 0 Å². The fourth-order valence-corrected chi connectivity index (χ4v) is 2.04. The number of aromatic carboxylic acids is 1. The molecule has 1 aliphatic carbocycles. The Bertz CT molecular complexity index is 511. The van der Waals surface area contributed by atoms with Gasteiger partial charge >= 0.3 is 5.97 Å². The van der Waals surface area contributed by atoms with Gasteiger partial charge in [-0.15, -0.1) is 0 Å². The molecule has 0 amide bonds. The summed E-state index contributed by atoms with van der Waals surface area (Å²) in [5.41, 5.74) is 0.0825. The van der Waals surface area contributed by atoms with Crippen molar-refractivity contribution in [2.75, 3.05) is 12.4 Å². The summed E-state index contributed by atoms with van der Waals surface area (Å²) in [7, 11) is 1.63. The van der Waals surface area contributed by atoms with E-state index in [1.165, 1.54) is 12.1 Å². The number of rotatable bonds is 5. The maximum absolute atomic E-state index is 11.1. The Morgan fingerprint density at radius 3 is 2.74 bits per heavy atom. The predicted octanol–water partition coefficient (Wildman–Crippen LogP) is 1.88. The van der Waals surface area contributed by atoms with Crippen LogP contribution in [0.1, 0.15) is 23.2 Å². The molecule has 7 heteroatoms.